The molecule has 1 aromatic rings. The van der Waals surface area contributed by atoms with E-state index in [1.54, 1.807) is 0 Å². The molecule has 0 aromatic heterocycles. The highest BCUT2D eigenvalue weighted by Gasteiger charge is 2.00. The number of halogens is 1. The molecule has 1 nitrogen and oxygen atoms in total. The highest BCUT2D eigenvalue weighted by atomic mass is 79.9. The van der Waals surface area contributed by atoms with Crippen molar-refractivity contribution in [2.75, 3.05) is 12.4 Å². The van der Waals surface area contributed by atoms with E-state index in [1.807, 2.05) is 7.05 Å². The number of hydrogen-bond acceptors (Lipinski definition) is 1. The van der Waals surface area contributed by atoms with Crippen molar-refractivity contribution < 1.29 is 0 Å². The number of aryl methyl sites for hydroxylation is 2. The van der Waals surface area contributed by atoms with Gasteiger partial charge < -0.3 is 5.32 Å². The normalized spacial score (nSPS) is 9.82. The lowest BCUT2D eigenvalue weighted by Crippen LogP contribution is -1.93. The zero-order valence-electron chi connectivity index (χ0n) is 7.03. The predicted molar refractivity (Wildman–Crippen MR) is 53.2 cm³/mol. The van der Waals surface area contributed by atoms with Crippen LogP contribution >= 0.6 is 15.9 Å². The second-order valence-electron chi connectivity index (χ2n) is 2.69. The third-order valence-corrected chi connectivity index (χ3v) is 2.31. The van der Waals surface area contributed by atoms with Gasteiger partial charge >= 0.3 is 0 Å². The van der Waals surface area contributed by atoms with Crippen molar-refractivity contribution in [2.24, 2.45) is 0 Å². The minimum atomic E-state index is 1.14. The van der Waals surface area contributed by atoms with Crippen LogP contribution in [0.2, 0.25) is 0 Å². The lowest BCUT2D eigenvalue weighted by Gasteiger charge is -2.08. The van der Waals surface area contributed by atoms with Gasteiger partial charge in [0.15, 0.2) is 0 Å². The van der Waals surface area contributed by atoms with Crippen LogP contribution in [0.5, 0.6) is 0 Å². The van der Waals surface area contributed by atoms with E-state index >= 15 is 0 Å². The Morgan fingerprint density at radius 3 is 2.36 bits per heavy atom. The van der Waals surface area contributed by atoms with Gasteiger partial charge in [-0.3, -0.25) is 0 Å². The summed E-state index contributed by atoms with van der Waals surface area (Å²) >= 11 is 3.50. The van der Waals surface area contributed by atoms with Crippen LogP contribution < -0.4 is 5.32 Å². The molecule has 0 heterocycles. The third kappa shape index (κ3) is 1.74. The van der Waals surface area contributed by atoms with Gasteiger partial charge in [-0.05, 0) is 47.0 Å². The lowest BCUT2D eigenvalue weighted by atomic mass is 10.1. The van der Waals surface area contributed by atoms with Crippen molar-refractivity contribution in [1.82, 2.24) is 0 Å². The molecule has 2 heteroatoms. The van der Waals surface area contributed by atoms with E-state index in [1.165, 1.54) is 16.8 Å². The van der Waals surface area contributed by atoms with E-state index in [9.17, 15) is 0 Å². The number of anilines is 1. The van der Waals surface area contributed by atoms with E-state index in [0.29, 0.717) is 0 Å². The van der Waals surface area contributed by atoms with Crippen LogP contribution in [0.4, 0.5) is 5.69 Å². The van der Waals surface area contributed by atoms with Crippen molar-refractivity contribution in [1.29, 1.82) is 0 Å². The van der Waals surface area contributed by atoms with Gasteiger partial charge in [-0.1, -0.05) is 6.07 Å². The Morgan fingerprint density at radius 1 is 1.27 bits per heavy atom. The van der Waals surface area contributed by atoms with Gasteiger partial charge in [0, 0.05) is 11.5 Å². The molecule has 0 spiro atoms. The average molecular weight is 214 g/mol. The van der Waals surface area contributed by atoms with E-state index in [2.05, 4.69) is 47.2 Å². The molecular weight excluding hydrogens is 202 g/mol. The van der Waals surface area contributed by atoms with Gasteiger partial charge in [-0.15, -0.1) is 0 Å². The van der Waals surface area contributed by atoms with E-state index in [0.717, 1.165) is 4.47 Å². The van der Waals surface area contributed by atoms with E-state index in [-0.39, 0.29) is 0 Å². The first-order valence-corrected chi connectivity index (χ1v) is 4.39. The Bertz CT molecular complexity index is 245. The van der Waals surface area contributed by atoms with E-state index in [4.69, 9.17) is 0 Å². The molecule has 0 saturated carbocycles. The molecule has 0 amide bonds. The summed E-state index contributed by atoms with van der Waals surface area (Å²) in [5, 5.41) is 3.14. The summed E-state index contributed by atoms with van der Waals surface area (Å²) in [7, 11) is 1.93. The van der Waals surface area contributed by atoms with Crippen LogP contribution in [0.15, 0.2) is 16.6 Å². The molecule has 60 valence electrons. The van der Waals surface area contributed by atoms with Crippen LogP contribution in [0, 0.1) is 13.8 Å². The van der Waals surface area contributed by atoms with Gasteiger partial charge in [0.05, 0.1) is 5.69 Å². The summed E-state index contributed by atoms with van der Waals surface area (Å²) in [6.45, 7) is 4.20. The largest absolute Gasteiger partial charge is 0.387 e. The maximum atomic E-state index is 3.50. The molecule has 0 aliphatic rings. The molecule has 0 unspecified atom stereocenters. The number of hydrogen-bond donors (Lipinski definition) is 1. The minimum Gasteiger partial charge on any atom is -0.387 e. The first-order chi connectivity index (χ1) is 5.15. The first-order valence-electron chi connectivity index (χ1n) is 3.59. The second-order valence-corrected chi connectivity index (χ2v) is 3.54. The third-order valence-electron chi connectivity index (χ3n) is 1.68. The quantitative estimate of drug-likeness (QED) is 0.757. The average Bonchev–Trinajstić information content (AvgIpc) is 1.85. The van der Waals surface area contributed by atoms with Crippen molar-refractivity contribution in [2.45, 2.75) is 13.8 Å². The second kappa shape index (κ2) is 3.26. The van der Waals surface area contributed by atoms with Gasteiger partial charge in [0.25, 0.3) is 0 Å². The summed E-state index contributed by atoms with van der Waals surface area (Å²) in [6.07, 6.45) is 0. The molecule has 0 aliphatic heterocycles. The number of benzene rings is 1. The zero-order valence-corrected chi connectivity index (χ0v) is 8.62. The van der Waals surface area contributed by atoms with E-state index < -0.39 is 0 Å². The van der Waals surface area contributed by atoms with Crippen molar-refractivity contribution in [3.63, 3.8) is 0 Å². The highest BCUT2D eigenvalue weighted by Crippen LogP contribution is 2.26. The Balaban J connectivity index is 3.25. The zero-order chi connectivity index (χ0) is 8.43. The molecule has 0 saturated heterocycles. The Hall–Kier alpha value is -0.500. The smallest absolute Gasteiger partial charge is 0.0511 e. The standard InChI is InChI=1S/C9H12BrN/c1-6-4-7(2)9(11-3)8(10)5-6/h4-5,11H,1-3H3. The summed E-state index contributed by atoms with van der Waals surface area (Å²) in [6, 6.07) is 4.27. The molecular formula is C9H12BrN. The maximum Gasteiger partial charge on any atom is 0.0511 e. The van der Waals surface area contributed by atoms with Crippen molar-refractivity contribution in [3.05, 3.63) is 27.7 Å². The molecule has 1 rings (SSSR count). The topological polar surface area (TPSA) is 12.0 Å². The molecule has 0 atom stereocenters. The number of nitrogens with one attached hydrogen (secondary N) is 1. The molecule has 1 aromatic carbocycles. The Labute approximate surface area is 75.9 Å². The van der Waals surface area contributed by atoms with Gasteiger partial charge in [0.2, 0.25) is 0 Å². The van der Waals surface area contributed by atoms with Crippen molar-refractivity contribution >= 4 is 21.6 Å². The fourth-order valence-electron chi connectivity index (χ4n) is 1.23. The first kappa shape index (κ1) is 8.60. The summed E-state index contributed by atoms with van der Waals surface area (Å²) < 4.78 is 1.14. The Kier molecular flexibility index (Phi) is 2.55. The molecule has 1 N–H and O–H groups in total. The lowest BCUT2D eigenvalue weighted by molar-refractivity contribution is 1.33. The van der Waals surface area contributed by atoms with Gasteiger partial charge in [-0.25, -0.2) is 0 Å². The van der Waals surface area contributed by atoms with Crippen LogP contribution in [-0.2, 0) is 0 Å². The van der Waals surface area contributed by atoms with Gasteiger partial charge in [0.1, 0.15) is 0 Å². The summed E-state index contributed by atoms with van der Waals surface area (Å²) in [5.74, 6) is 0. The van der Waals surface area contributed by atoms with Crippen LogP contribution in [0.25, 0.3) is 0 Å². The Morgan fingerprint density at radius 2 is 1.91 bits per heavy atom. The van der Waals surface area contributed by atoms with Crippen LogP contribution in [-0.4, -0.2) is 7.05 Å². The minimum absolute atomic E-state index is 1.14. The molecule has 0 radical (unpaired) electrons. The molecule has 0 fully saturated rings. The summed E-state index contributed by atoms with van der Waals surface area (Å²) in [5.41, 5.74) is 3.74. The summed E-state index contributed by atoms with van der Waals surface area (Å²) in [4.78, 5) is 0. The SMILES string of the molecule is CNc1c(C)cc(C)cc1Br. The van der Waals surface area contributed by atoms with Crippen LogP contribution in [0.1, 0.15) is 11.1 Å². The number of rotatable bonds is 1. The predicted octanol–water partition coefficient (Wildman–Crippen LogP) is 3.11. The molecule has 11 heavy (non-hydrogen) atoms. The fraction of sp³-hybridized carbons (Fsp3) is 0.333. The van der Waals surface area contributed by atoms with Gasteiger partial charge in [-0.2, -0.15) is 0 Å². The van der Waals surface area contributed by atoms with Crippen LogP contribution in [0.3, 0.4) is 0 Å². The monoisotopic (exact) mass is 213 g/mol. The fourth-order valence-corrected chi connectivity index (χ4v) is 2.10. The molecule has 0 bridgehead atoms. The molecule has 0 aliphatic carbocycles. The highest BCUT2D eigenvalue weighted by molar-refractivity contribution is 9.10. The van der Waals surface area contributed by atoms with Crippen molar-refractivity contribution in [3.8, 4) is 0 Å². The maximum absolute atomic E-state index is 3.50.